The summed E-state index contributed by atoms with van der Waals surface area (Å²) < 4.78 is 12.6. The van der Waals surface area contributed by atoms with E-state index in [0.717, 1.165) is 40.5 Å². The minimum absolute atomic E-state index is 0.0170. The van der Waals surface area contributed by atoms with Gasteiger partial charge in [0.25, 0.3) is 5.91 Å². The van der Waals surface area contributed by atoms with Crippen LogP contribution >= 0.6 is 11.3 Å². The summed E-state index contributed by atoms with van der Waals surface area (Å²) in [5, 5.41) is 3.35. The monoisotopic (exact) mass is 560 g/mol. The highest BCUT2D eigenvalue weighted by Crippen LogP contribution is 2.42. The Bertz CT molecular complexity index is 1530. The van der Waals surface area contributed by atoms with Crippen molar-refractivity contribution in [3.63, 3.8) is 0 Å². The predicted octanol–water partition coefficient (Wildman–Crippen LogP) is 5.53. The van der Waals surface area contributed by atoms with E-state index in [4.69, 9.17) is 20.2 Å². The summed E-state index contributed by atoms with van der Waals surface area (Å²) in [4.78, 5) is 27.0. The molecule has 3 heterocycles. The van der Waals surface area contributed by atoms with Crippen LogP contribution in [0.2, 0.25) is 0 Å². The summed E-state index contributed by atoms with van der Waals surface area (Å²) >= 11 is 1.27. The van der Waals surface area contributed by atoms with Gasteiger partial charge in [0.2, 0.25) is 5.95 Å². The number of nitrogens with zero attached hydrogens (tertiary/aromatic N) is 4. The molecule has 4 aromatic rings. The molecule has 0 spiro atoms. The summed E-state index contributed by atoms with van der Waals surface area (Å²) in [5.41, 5.74) is 9.68. The number of fused-ring (bicyclic) bond motifs is 1. The van der Waals surface area contributed by atoms with Gasteiger partial charge in [0.05, 0.1) is 35.3 Å². The van der Waals surface area contributed by atoms with Crippen molar-refractivity contribution in [3.8, 4) is 22.6 Å². The van der Waals surface area contributed by atoms with Crippen molar-refractivity contribution in [2.45, 2.75) is 45.9 Å². The number of carbonyl (C=O) groups is 1. The van der Waals surface area contributed by atoms with Crippen LogP contribution in [-0.2, 0) is 0 Å². The molecule has 2 aromatic heterocycles. The molecule has 40 heavy (non-hydrogen) atoms. The number of amides is 1. The Labute approximate surface area is 238 Å². The van der Waals surface area contributed by atoms with Gasteiger partial charge in [-0.3, -0.25) is 9.69 Å². The number of para-hydroxylation sites is 1. The maximum Gasteiger partial charge on any atom is 0.259 e. The SMILES string of the molecule is COc1ccccc1-c1c(C(N)=O)sc2cnc(Nc3ccc(N4CC(C)N(C)C(C)C4)cc3OC(C)C)nc12. The smallest absolute Gasteiger partial charge is 0.259 e. The quantitative estimate of drug-likeness (QED) is 0.290. The predicted molar refractivity (Wildman–Crippen MR) is 162 cm³/mol. The van der Waals surface area contributed by atoms with Crippen molar-refractivity contribution in [1.29, 1.82) is 0 Å². The van der Waals surface area contributed by atoms with E-state index in [1.165, 1.54) is 11.3 Å². The molecule has 2 atom stereocenters. The third kappa shape index (κ3) is 5.41. The van der Waals surface area contributed by atoms with Gasteiger partial charge in [-0.15, -0.1) is 11.3 Å². The molecule has 1 amide bonds. The van der Waals surface area contributed by atoms with Crippen LogP contribution in [0, 0.1) is 0 Å². The number of piperazine rings is 1. The van der Waals surface area contributed by atoms with Crippen LogP contribution in [0.4, 0.5) is 17.3 Å². The molecular weight excluding hydrogens is 524 g/mol. The van der Waals surface area contributed by atoms with Crippen molar-refractivity contribution < 1.29 is 14.3 Å². The van der Waals surface area contributed by atoms with Gasteiger partial charge < -0.3 is 25.4 Å². The standard InChI is InChI=1S/C30H36N6O3S/c1-17(2)39-24-13-20(36-15-18(3)35(5)19(4)16-36)11-12-22(24)33-30-32-14-25-27(34-30)26(28(40-25)29(31)37)21-9-7-8-10-23(21)38-6/h7-14,17-19H,15-16H2,1-6H3,(H2,31,37)(H,32,33,34). The number of thiophene rings is 1. The number of likely N-dealkylation sites (N-methyl/N-ethyl adjacent to an activating group) is 1. The van der Waals surface area contributed by atoms with Gasteiger partial charge in [0.1, 0.15) is 16.4 Å². The molecule has 3 N–H and O–H groups in total. The number of aromatic nitrogens is 2. The van der Waals surface area contributed by atoms with Gasteiger partial charge in [-0.2, -0.15) is 0 Å². The Kier molecular flexibility index (Phi) is 7.82. The van der Waals surface area contributed by atoms with Crippen LogP contribution < -0.4 is 25.4 Å². The highest BCUT2D eigenvalue weighted by Gasteiger charge is 2.27. The number of anilines is 3. The fraction of sp³-hybridized carbons (Fsp3) is 0.367. The fourth-order valence-corrected chi connectivity index (χ4v) is 6.10. The Balaban J connectivity index is 1.53. The summed E-state index contributed by atoms with van der Waals surface area (Å²) in [7, 11) is 3.78. The molecule has 210 valence electrons. The summed E-state index contributed by atoms with van der Waals surface area (Å²) in [6.45, 7) is 10.4. The lowest BCUT2D eigenvalue weighted by molar-refractivity contribution is 0.100. The van der Waals surface area contributed by atoms with Gasteiger partial charge >= 0.3 is 0 Å². The molecule has 1 aliphatic heterocycles. The molecule has 0 bridgehead atoms. The van der Waals surface area contributed by atoms with Crippen LogP contribution in [0.25, 0.3) is 21.3 Å². The second kappa shape index (κ2) is 11.3. The number of benzene rings is 2. The molecule has 1 saturated heterocycles. The van der Waals surface area contributed by atoms with Gasteiger partial charge in [-0.1, -0.05) is 18.2 Å². The normalized spacial score (nSPS) is 17.8. The highest BCUT2D eigenvalue weighted by atomic mass is 32.1. The topological polar surface area (TPSA) is 106 Å². The average Bonchev–Trinajstić information content (AvgIpc) is 3.31. The fourth-order valence-electron chi connectivity index (χ4n) is 5.13. The first-order valence-electron chi connectivity index (χ1n) is 13.4. The van der Waals surface area contributed by atoms with Gasteiger partial charge in [-0.05, 0) is 52.9 Å². The average molecular weight is 561 g/mol. The largest absolute Gasteiger partial charge is 0.496 e. The zero-order valence-electron chi connectivity index (χ0n) is 23.8. The van der Waals surface area contributed by atoms with Crippen molar-refractivity contribution in [2.75, 3.05) is 37.5 Å². The van der Waals surface area contributed by atoms with Crippen LogP contribution in [0.15, 0.2) is 48.7 Å². The minimum Gasteiger partial charge on any atom is -0.496 e. The molecule has 10 heteroatoms. The van der Waals surface area contributed by atoms with E-state index in [-0.39, 0.29) is 6.10 Å². The molecule has 0 saturated carbocycles. The number of rotatable bonds is 8. The van der Waals surface area contributed by atoms with E-state index in [0.29, 0.717) is 39.7 Å². The maximum absolute atomic E-state index is 12.4. The molecule has 9 nitrogen and oxygen atoms in total. The van der Waals surface area contributed by atoms with Crippen LogP contribution in [0.3, 0.4) is 0 Å². The first-order chi connectivity index (χ1) is 19.2. The molecule has 0 radical (unpaired) electrons. The Hall–Kier alpha value is -3.89. The molecule has 1 aliphatic rings. The first kappa shape index (κ1) is 27.7. The van der Waals surface area contributed by atoms with Crippen LogP contribution in [-0.4, -0.2) is 66.2 Å². The Morgan fingerprint density at radius 2 is 1.85 bits per heavy atom. The summed E-state index contributed by atoms with van der Waals surface area (Å²) in [6, 6.07) is 14.6. The first-order valence-corrected chi connectivity index (χ1v) is 14.2. The molecule has 0 aliphatic carbocycles. The van der Waals surface area contributed by atoms with E-state index < -0.39 is 5.91 Å². The lowest BCUT2D eigenvalue weighted by Gasteiger charge is -2.43. The number of nitrogens with one attached hydrogen (secondary N) is 1. The van der Waals surface area contributed by atoms with Gasteiger partial charge in [0.15, 0.2) is 0 Å². The number of hydrogen-bond donors (Lipinski definition) is 2. The van der Waals surface area contributed by atoms with Crippen molar-refractivity contribution in [2.24, 2.45) is 5.73 Å². The number of primary amides is 1. The lowest BCUT2D eigenvalue weighted by Crippen LogP contribution is -2.55. The lowest BCUT2D eigenvalue weighted by atomic mass is 10.0. The third-order valence-corrected chi connectivity index (χ3v) is 8.46. The number of methoxy groups -OCH3 is 1. The third-order valence-electron chi connectivity index (χ3n) is 7.33. The summed E-state index contributed by atoms with van der Waals surface area (Å²) in [6.07, 6.45) is 1.70. The van der Waals surface area contributed by atoms with Crippen molar-refractivity contribution in [3.05, 3.63) is 53.5 Å². The van der Waals surface area contributed by atoms with E-state index >= 15 is 0 Å². The Morgan fingerprint density at radius 3 is 2.52 bits per heavy atom. The zero-order valence-corrected chi connectivity index (χ0v) is 24.6. The molecule has 1 fully saturated rings. The molecular formula is C30H36N6O3S. The van der Waals surface area contributed by atoms with Crippen LogP contribution in [0.1, 0.15) is 37.4 Å². The second-order valence-electron chi connectivity index (χ2n) is 10.5. The minimum atomic E-state index is -0.519. The Morgan fingerprint density at radius 1 is 1.12 bits per heavy atom. The molecule has 2 unspecified atom stereocenters. The number of carbonyl (C=O) groups excluding carboxylic acids is 1. The second-order valence-corrected chi connectivity index (χ2v) is 11.6. The number of hydrogen-bond acceptors (Lipinski definition) is 9. The molecule has 5 rings (SSSR count). The van der Waals surface area contributed by atoms with Crippen LogP contribution in [0.5, 0.6) is 11.5 Å². The summed E-state index contributed by atoms with van der Waals surface area (Å²) in [5.74, 6) is 1.23. The zero-order chi connectivity index (χ0) is 28.6. The van der Waals surface area contributed by atoms with Gasteiger partial charge in [-0.25, -0.2) is 9.97 Å². The van der Waals surface area contributed by atoms with E-state index in [9.17, 15) is 4.79 Å². The van der Waals surface area contributed by atoms with E-state index in [1.54, 1.807) is 13.3 Å². The maximum atomic E-state index is 12.4. The number of nitrogens with two attached hydrogens (primary N) is 1. The number of ether oxygens (including phenoxy) is 2. The van der Waals surface area contributed by atoms with E-state index in [1.807, 2.05) is 44.2 Å². The van der Waals surface area contributed by atoms with Crippen molar-refractivity contribution in [1.82, 2.24) is 14.9 Å². The van der Waals surface area contributed by atoms with Gasteiger partial charge in [0, 0.05) is 48.1 Å². The van der Waals surface area contributed by atoms with Crippen molar-refractivity contribution >= 4 is 44.8 Å². The van der Waals surface area contributed by atoms with E-state index in [2.05, 4.69) is 53.1 Å². The molecule has 2 aromatic carbocycles. The highest BCUT2D eigenvalue weighted by molar-refractivity contribution is 7.21.